The van der Waals surface area contributed by atoms with Crippen LogP contribution in [0.2, 0.25) is 0 Å². The summed E-state index contributed by atoms with van der Waals surface area (Å²) in [6.07, 6.45) is 4.98. The third-order valence-corrected chi connectivity index (χ3v) is 7.11. The van der Waals surface area contributed by atoms with Crippen molar-refractivity contribution in [3.05, 3.63) is 53.7 Å². The first-order chi connectivity index (χ1) is 16.9. The highest BCUT2D eigenvalue weighted by atomic mass is 16.5. The molecular formula is C26H33N5O4. The second-order valence-corrected chi connectivity index (χ2v) is 9.22. The van der Waals surface area contributed by atoms with Gasteiger partial charge in [0.15, 0.2) is 0 Å². The van der Waals surface area contributed by atoms with E-state index in [4.69, 9.17) is 10.5 Å². The molecule has 0 radical (unpaired) electrons. The Labute approximate surface area is 205 Å². The minimum atomic E-state index is -0.503. The Morgan fingerprint density at radius 1 is 1.03 bits per heavy atom. The predicted molar refractivity (Wildman–Crippen MR) is 132 cm³/mol. The molecule has 0 aliphatic carbocycles. The number of pyridine rings is 1. The molecule has 9 heteroatoms. The molecule has 1 aromatic carbocycles. The summed E-state index contributed by atoms with van der Waals surface area (Å²) in [5, 5.41) is 2.83. The Balaban J connectivity index is 1.60. The first-order valence-electron chi connectivity index (χ1n) is 12.2. The van der Waals surface area contributed by atoms with Gasteiger partial charge < -0.3 is 25.6 Å². The van der Waals surface area contributed by atoms with Crippen LogP contribution in [0, 0.1) is 5.41 Å². The molecule has 3 aliphatic rings. The number of nitrogens with one attached hydrogen (secondary N) is 1. The summed E-state index contributed by atoms with van der Waals surface area (Å²) in [6.45, 7) is 2.18. The van der Waals surface area contributed by atoms with E-state index in [2.05, 4.69) is 10.3 Å². The van der Waals surface area contributed by atoms with Crippen molar-refractivity contribution in [3.8, 4) is 5.75 Å². The molecule has 5 rings (SSSR count). The Bertz CT molecular complexity index is 1060. The van der Waals surface area contributed by atoms with Crippen LogP contribution in [0.15, 0.2) is 42.6 Å². The molecule has 186 valence electrons. The van der Waals surface area contributed by atoms with Gasteiger partial charge in [0.05, 0.1) is 23.1 Å². The maximum absolute atomic E-state index is 13.3. The minimum absolute atomic E-state index is 0.0264. The summed E-state index contributed by atoms with van der Waals surface area (Å²) in [7, 11) is 1.67. The van der Waals surface area contributed by atoms with Crippen LogP contribution in [-0.4, -0.2) is 72.3 Å². The lowest BCUT2D eigenvalue weighted by atomic mass is 9.73. The minimum Gasteiger partial charge on any atom is -0.491 e. The lowest BCUT2D eigenvalue weighted by Gasteiger charge is -2.40. The Morgan fingerprint density at radius 2 is 1.80 bits per heavy atom. The third-order valence-electron chi connectivity index (χ3n) is 7.11. The summed E-state index contributed by atoms with van der Waals surface area (Å²) >= 11 is 0. The van der Waals surface area contributed by atoms with Gasteiger partial charge in [0.1, 0.15) is 18.2 Å². The van der Waals surface area contributed by atoms with E-state index in [-0.39, 0.29) is 24.3 Å². The van der Waals surface area contributed by atoms with Crippen LogP contribution in [0.1, 0.15) is 52.8 Å². The number of carbonyl (C=O) groups excluding carboxylic acids is 3. The molecule has 4 heterocycles. The molecule has 1 fully saturated rings. The second kappa shape index (κ2) is 10.8. The number of nitrogen functional groups attached to an aromatic ring is 1. The molecule has 3 amide bonds. The quantitative estimate of drug-likeness (QED) is 0.683. The zero-order valence-corrected chi connectivity index (χ0v) is 20.2. The summed E-state index contributed by atoms with van der Waals surface area (Å²) in [5.41, 5.74) is 6.13. The highest BCUT2D eigenvalue weighted by Gasteiger charge is 2.41. The van der Waals surface area contributed by atoms with Crippen LogP contribution in [0.3, 0.4) is 0 Å². The largest absolute Gasteiger partial charge is 0.491 e. The van der Waals surface area contributed by atoms with Crippen molar-refractivity contribution in [1.82, 2.24) is 20.1 Å². The molecule has 9 nitrogen and oxygen atoms in total. The van der Waals surface area contributed by atoms with Crippen molar-refractivity contribution >= 4 is 23.5 Å². The van der Waals surface area contributed by atoms with Gasteiger partial charge >= 0.3 is 0 Å². The van der Waals surface area contributed by atoms with Crippen LogP contribution < -0.4 is 15.8 Å². The van der Waals surface area contributed by atoms with E-state index < -0.39 is 5.41 Å². The molecule has 2 bridgehead atoms. The molecule has 3 aliphatic heterocycles. The molecular weight excluding hydrogens is 446 g/mol. The van der Waals surface area contributed by atoms with Gasteiger partial charge in [-0.25, -0.2) is 4.98 Å². The van der Waals surface area contributed by atoms with Crippen LogP contribution in [-0.2, 0) is 4.79 Å². The number of fused-ring (bicyclic) bond motifs is 9. The van der Waals surface area contributed by atoms with Gasteiger partial charge in [-0.2, -0.15) is 0 Å². The molecule has 3 N–H and O–H groups in total. The number of carbonyl (C=O) groups is 3. The van der Waals surface area contributed by atoms with Crippen LogP contribution in [0.4, 0.5) is 5.82 Å². The van der Waals surface area contributed by atoms with E-state index in [9.17, 15) is 14.4 Å². The van der Waals surface area contributed by atoms with E-state index in [0.29, 0.717) is 68.1 Å². The van der Waals surface area contributed by atoms with Gasteiger partial charge in [-0.3, -0.25) is 14.4 Å². The van der Waals surface area contributed by atoms with E-state index in [0.717, 1.165) is 12.8 Å². The molecule has 1 saturated heterocycles. The number of para-hydroxylation sites is 1. The number of benzene rings is 1. The van der Waals surface area contributed by atoms with Gasteiger partial charge in [0.25, 0.3) is 11.8 Å². The lowest BCUT2D eigenvalue weighted by molar-refractivity contribution is -0.133. The summed E-state index contributed by atoms with van der Waals surface area (Å²) in [5.74, 6) is 0.633. The molecule has 0 saturated carbocycles. The fourth-order valence-corrected chi connectivity index (χ4v) is 4.99. The number of rotatable bonds is 2. The Morgan fingerprint density at radius 3 is 2.51 bits per heavy atom. The zero-order chi connectivity index (χ0) is 24.8. The van der Waals surface area contributed by atoms with Gasteiger partial charge in [-0.05, 0) is 49.9 Å². The number of hydrogen-bond acceptors (Lipinski definition) is 6. The number of aromatic nitrogens is 1. The van der Waals surface area contributed by atoms with Crippen molar-refractivity contribution in [2.45, 2.75) is 32.1 Å². The number of amides is 3. The van der Waals surface area contributed by atoms with Crippen molar-refractivity contribution in [2.24, 2.45) is 5.41 Å². The van der Waals surface area contributed by atoms with E-state index in [1.807, 2.05) is 17.0 Å². The fraction of sp³-hybridized carbons (Fsp3) is 0.462. The van der Waals surface area contributed by atoms with Gasteiger partial charge in [0, 0.05) is 32.9 Å². The summed E-state index contributed by atoms with van der Waals surface area (Å²) in [6, 6.07) is 10.5. The van der Waals surface area contributed by atoms with Crippen molar-refractivity contribution in [1.29, 1.82) is 0 Å². The maximum Gasteiger partial charge on any atom is 0.257 e. The number of piperidine rings is 1. The van der Waals surface area contributed by atoms with Gasteiger partial charge in [-0.1, -0.05) is 18.6 Å². The number of nitrogens with zero attached hydrogens (tertiary/aromatic N) is 3. The molecule has 0 spiro atoms. The third kappa shape index (κ3) is 5.39. The first-order valence-corrected chi connectivity index (χ1v) is 12.2. The average molecular weight is 480 g/mol. The maximum atomic E-state index is 13.3. The van der Waals surface area contributed by atoms with Gasteiger partial charge in [-0.15, -0.1) is 0 Å². The Kier molecular flexibility index (Phi) is 7.53. The highest BCUT2D eigenvalue weighted by molar-refractivity contribution is 5.97. The fourth-order valence-electron chi connectivity index (χ4n) is 4.99. The SMILES string of the molecule is CNC(=O)C12CCCCN(C(=O)c3ccc(N)nc3)CCOc3ccccc3C(=O)N(CC1)CC2. The molecule has 2 aromatic rings. The summed E-state index contributed by atoms with van der Waals surface area (Å²) in [4.78, 5) is 47.0. The number of anilines is 1. The van der Waals surface area contributed by atoms with Crippen molar-refractivity contribution < 1.29 is 19.1 Å². The zero-order valence-electron chi connectivity index (χ0n) is 20.2. The Hall–Kier alpha value is -3.62. The number of hydrogen-bond donors (Lipinski definition) is 2. The highest BCUT2D eigenvalue weighted by Crippen LogP contribution is 2.38. The predicted octanol–water partition coefficient (Wildman–Crippen LogP) is 2.34. The smallest absolute Gasteiger partial charge is 0.257 e. The van der Waals surface area contributed by atoms with E-state index in [1.165, 1.54) is 6.20 Å². The van der Waals surface area contributed by atoms with Crippen LogP contribution in [0.25, 0.3) is 0 Å². The molecule has 0 atom stereocenters. The average Bonchev–Trinajstić information content (AvgIpc) is 2.90. The number of nitrogens with two attached hydrogens (primary N) is 1. The van der Waals surface area contributed by atoms with Crippen LogP contribution >= 0.6 is 0 Å². The lowest BCUT2D eigenvalue weighted by Crippen LogP contribution is -2.49. The summed E-state index contributed by atoms with van der Waals surface area (Å²) < 4.78 is 6.01. The molecule has 35 heavy (non-hydrogen) atoms. The standard InChI is InChI=1S/C26H33N5O4/c1-28-25(34)26-10-4-5-13-30(23(32)19-8-9-22(27)29-18-19)16-17-35-21-7-3-2-6-20(21)24(33)31(14-11-26)15-12-26/h2-3,6-9,18H,4-5,10-17H2,1H3,(H2,27,29)(H,28,34). The van der Waals surface area contributed by atoms with Crippen molar-refractivity contribution in [2.75, 3.05) is 45.6 Å². The van der Waals surface area contributed by atoms with E-state index in [1.54, 1.807) is 36.2 Å². The normalized spacial score (nSPS) is 18.6. The monoisotopic (exact) mass is 479 g/mol. The molecule has 0 unspecified atom stereocenters. The van der Waals surface area contributed by atoms with E-state index >= 15 is 0 Å². The van der Waals surface area contributed by atoms with Crippen molar-refractivity contribution in [3.63, 3.8) is 0 Å². The second-order valence-electron chi connectivity index (χ2n) is 9.22. The van der Waals surface area contributed by atoms with Gasteiger partial charge in [0.2, 0.25) is 5.91 Å². The number of ether oxygens (including phenoxy) is 1. The topological polar surface area (TPSA) is 118 Å². The first kappa shape index (κ1) is 24.5. The molecule has 1 aromatic heterocycles. The van der Waals surface area contributed by atoms with Crippen LogP contribution in [0.5, 0.6) is 5.75 Å².